The van der Waals surface area contributed by atoms with Gasteiger partial charge in [-0.2, -0.15) is 0 Å². The average molecular weight is 339 g/mol. The van der Waals surface area contributed by atoms with Crippen LogP contribution in [0.25, 0.3) is 0 Å². The number of nitrogens with one attached hydrogen (secondary N) is 3. The van der Waals surface area contributed by atoms with Crippen molar-refractivity contribution in [3.05, 3.63) is 65.7 Å². The van der Waals surface area contributed by atoms with E-state index in [9.17, 15) is 9.59 Å². The smallest absolute Gasteiger partial charge is 0.251 e. The number of benzene rings is 2. The first-order valence-corrected chi connectivity index (χ1v) is 8.62. The summed E-state index contributed by atoms with van der Waals surface area (Å²) in [5.74, 6) is -0.147. The largest absolute Gasteiger partial charge is 0.376 e. The van der Waals surface area contributed by atoms with Crippen LogP contribution in [0.2, 0.25) is 0 Å². The Morgan fingerprint density at radius 1 is 0.920 bits per heavy atom. The van der Waals surface area contributed by atoms with Crippen molar-refractivity contribution in [3.63, 3.8) is 0 Å². The Kier molecular flexibility index (Phi) is 7.50. The summed E-state index contributed by atoms with van der Waals surface area (Å²) in [5, 5.41) is 8.79. The highest BCUT2D eigenvalue weighted by Gasteiger charge is 2.06. The van der Waals surface area contributed by atoms with Gasteiger partial charge in [0.05, 0.1) is 6.54 Å². The van der Waals surface area contributed by atoms with Crippen molar-refractivity contribution in [1.29, 1.82) is 0 Å². The van der Waals surface area contributed by atoms with E-state index < -0.39 is 0 Å². The molecular weight excluding hydrogens is 314 g/mol. The van der Waals surface area contributed by atoms with Gasteiger partial charge in [0.15, 0.2) is 0 Å². The Bertz CT molecular complexity index is 669. The fourth-order valence-electron chi connectivity index (χ4n) is 2.27. The second-order valence-electron chi connectivity index (χ2n) is 5.80. The van der Waals surface area contributed by atoms with E-state index in [-0.39, 0.29) is 18.4 Å². The molecule has 2 amide bonds. The second-order valence-corrected chi connectivity index (χ2v) is 5.80. The highest BCUT2D eigenvalue weighted by atomic mass is 16.2. The van der Waals surface area contributed by atoms with E-state index in [1.807, 2.05) is 30.3 Å². The number of carbonyl (C=O) groups is 2. The molecule has 0 fully saturated rings. The molecule has 0 saturated carbocycles. The highest BCUT2D eigenvalue weighted by Crippen LogP contribution is 2.09. The van der Waals surface area contributed by atoms with Crippen molar-refractivity contribution in [2.75, 3.05) is 18.4 Å². The Morgan fingerprint density at radius 3 is 2.32 bits per heavy atom. The fraction of sp³-hybridized carbons (Fsp3) is 0.300. The summed E-state index contributed by atoms with van der Waals surface area (Å²) in [4.78, 5) is 23.8. The van der Waals surface area contributed by atoms with E-state index in [1.54, 1.807) is 24.3 Å². The van der Waals surface area contributed by atoms with Crippen molar-refractivity contribution in [1.82, 2.24) is 10.6 Å². The van der Waals surface area contributed by atoms with Gasteiger partial charge >= 0.3 is 0 Å². The molecule has 2 rings (SSSR count). The summed E-state index contributed by atoms with van der Waals surface area (Å²) >= 11 is 0. The molecule has 25 heavy (non-hydrogen) atoms. The van der Waals surface area contributed by atoms with E-state index in [0.717, 1.165) is 24.1 Å². The summed E-state index contributed by atoms with van der Waals surface area (Å²) in [5.41, 5.74) is 2.46. The van der Waals surface area contributed by atoms with E-state index in [0.29, 0.717) is 18.7 Å². The Balaban J connectivity index is 1.77. The molecule has 2 aromatic carbocycles. The number of hydrogen-bond donors (Lipinski definition) is 3. The maximum Gasteiger partial charge on any atom is 0.251 e. The Morgan fingerprint density at radius 2 is 1.64 bits per heavy atom. The standard InChI is InChI=1S/C20H25N3O2/c1-2-3-13-21-19(24)15-22-18-11-9-17(10-12-18)20(25)23-14-16-7-5-4-6-8-16/h4-12,22H,2-3,13-15H2,1H3,(H,21,24)(H,23,25). The van der Waals surface area contributed by atoms with E-state index in [1.165, 1.54) is 0 Å². The van der Waals surface area contributed by atoms with Gasteiger partial charge in [-0.05, 0) is 36.2 Å². The molecule has 0 bridgehead atoms. The third-order valence-corrected chi connectivity index (χ3v) is 3.75. The van der Waals surface area contributed by atoms with Crippen LogP contribution in [0.4, 0.5) is 5.69 Å². The number of amides is 2. The molecule has 0 heterocycles. The molecule has 132 valence electrons. The normalized spacial score (nSPS) is 10.1. The van der Waals surface area contributed by atoms with Gasteiger partial charge in [-0.1, -0.05) is 43.7 Å². The van der Waals surface area contributed by atoms with Crippen LogP contribution in [0.5, 0.6) is 0 Å². The van der Waals surface area contributed by atoms with E-state index in [4.69, 9.17) is 0 Å². The number of unbranched alkanes of at least 4 members (excludes halogenated alkanes) is 1. The van der Waals surface area contributed by atoms with Crippen molar-refractivity contribution >= 4 is 17.5 Å². The van der Waals surface area contributed by atoms with Gasteiger partial charge < -0.3 is 16.0 Å². The fourth-order valence-corrected chi connectivity index (χ4v) is 2.27. The lowest BCUT2D eigenvalue weighted by Gasteiger charge is -2.09. The zero-order valence-corrected chi connectivity index (χ0v) is 14.5. The summed E-state index contributed by atoms with van der Waals surface area (Å²) in [6.45, 7) is 3.51. The molecule has 0 aliphatic carbocycles. The molecule has 5 nitrogen and oxygen atoms in total. The minimum Gasteiger partial charge on any atom is -0.376 e. The van der Waals surface area contributed by atoms with Gasteiger partial charge in [0.2, 0.25) is 5.91 Å². The number of anilines is 1. The summed E-state index contributed by atoms with van der Waals surface area (Å²) in [6, 6.07) is 16.9. The van der Waals surface area contributed by atoms with Crippen molar-refractivity contribution in [2.24, 2.45) is 0 Å². The Labute approximate surface area is 148 Å². The molecule has 0 spiro atoms. The van der Waals surface area contributed by atoms with Crippen LogP contribution in [0.15, 0.2) is 54.6 Å². The first-order valence-electron chi connectivity index (χ1n) is 8.62. The number of carbonyl (C=O) groups excluding carboxylic acids is 2. The summed E-state index contributed by atoms with van der Waals surface area (Å²) in [7, 11) is 0. The van der Waals surface area contributed by atoms with Crippen molar-refractivity contribution in [2.45, 2.75) is 26.3 Å². The first kappa shape index (κ1) is 18.5. The zero-order valence-electron chi connectivity index (χ0n) is 14.5. The molecule has 0 atom stereocenters. The Hall–Kier alpha value is -2.82. The molecule has 2 aromatic rings. The van der Waals surface area contributed by atoms with Crippen molar-refractivity contribution in [3.8, 4) is 0 Å². The van der Waals surface area contributed by atoms with Crippen LogP contribution >= 0.6 is 0 Å². The number of hydrogen-bond acceptors (Lipinski definition) is 3. The molecule has 0 saturated heterocycles. The third-order valence-electron chi connectivity index (χ3n) is 3.75. The molecule has 0 aromatic heterocycles. The minimum atomic E-state index is -0.118. The monoisotopic (exact) mass is 339 g/mol. The maximum atomic E-state index is 12.1. The van der Waals surface area contributed by atoms with Gasteiger partial charge in [-0.25, -0.2) is 0 Å². The van der Waals surface area contributed by atoms with Crippen LogP contribution in [0.3, 0.4) is 0 Å². The van der Waals surface area contributed by atoms with Crippen LogP contribution < -0.4 is 16.0 Å². The lowest BCUT2D eigenvalue weighted by Crippen LogP contribution is -2.30. The van der Waals surface area contributed by atoms with Gasteiger partial charge in [-0.15, -0.1) is 0 Å². The zero-order chi connectivity index (χ0) is 17.9. The third kappa shape index (κ3) is 6.67. The number of rotatable bonds is 9. The second kappa shape index (κ2) is 10.1. The molecular formula is C20H25N3O2. The summed E-state index contributed by atoms with van der Waals surface area (Å²) < 4.78 is 0. The van der Waals surface area contributed by atoms with Gasteiger partial charge in [0.25, 0.3) is 5.91 Å². The predicted octanol–water partition coefficient (Wildman–Crippen LogP) is 2.94. The lowest BCUT2D eigenvalue weighted by atomic mass is 10.1. The molecule has 5 heteroatoms. The maximum absolute atomic E-state index is 12.1. The average Bonchev–Trinajstić information content (AvgIpc) is 2.66. The van der Waals surface area contributed by atoms with E-state index in [2.05, 4.69) is 22.9 Å². The topological polar surface area (TPSA) is 70.2 Å². The van der Waals surface area contributed by atoms with Gasteiger partial charge in [0, 0.05) is 24.3 Å². The van der Waals surface area contributed by atoms with Crippen molar-refractivity contribution < 1.29 is 9.59 Å². The minimum absolute atomic E-state index is 0.0295. The molecule has 3 N–H and O–H groups in total. The molecule has 0 unspecified atom stereocenters. The van der Waals surface area contributed by atoms with Gasteiger partial charge in [-0.3, -0.25) is 9.59 Å². The molecule has 0 radical (unpaired) electrons. The molecule has 0 aliphatic heterocycles. The highest BCUT2D eigenvalue weighted by molar-refractivity contribution is 5.94. The summed E-state index contributed by atoms with van der Waals surface area (Å²) in [6.07, 6.45) is 2.04. The van der Waals surface area contributed by atoms with Gasteiger partial charge in [0.1, 0.15) is 0 Å². The lowest BCUT2D eigenvalue weighted by molar-refractivity contribution is -0.119. The van der Waals surface area contributed by atoms with Crippen LogP contribution in [0.1, 0.15) is 35.7 Å². The molecule has 0 aliphatic rings. The quantitative estimate of drug-likeness (QED) is 0.615. The van der Waals surface area contributed by atoms with E-state index >= 15 is 0 Å². The van der Waals surface area contributed by atoms with Crippen LogP contribution in [-0.2, 0) is 11.3 Å². The first-order chi connectivity index (χ1) is 12.2. The SMILES string of the molecule is CCCCNC(=O)CNc1ccc(C(=O)NCc2ccccc2)cc1. The predicted molar refractivity (Wildman–Crippen MR) is 100 cm³/mol. The van der Waals surface area contributed by atoms with Crippen LogP contribution in [-0.4, -0.2) is 24.9 Å². The van der Waals surface area contributed by atoms with Crippen LogP contribution in [0, 0.1) is 0 Å².